The van der Waals surface area contributed by atoms with Crippen LogP contribution in [0, 0.1) is 0 Å². The molecule has 0 fully saturated rings. The third kappa shape index (κ3) is 8.06. The molecular weight excluding hydrogens is 190 g/mol. The van der Waals surface area contributed by atoms with E-state index in [1.807, 2.05) is 6.92 Å². The van der Waals surface area contributed by atoms with Crippen molar-refractivity contribution in [3.8, 4) is 0 Å². The monoisotopic (exact) mass is 207 g/mol. The number of carbonyl (C=O) groups is 1. The number of hydrogen-bond donors (Lipinski definition) is 2. The summed E-state index contributed by atoms with van der Waals surface area (Å²) in [5.74, 6) is 0.600. The third-order valence-electron chi connectivity index (χ3n) is 1.79. The molecule has 2 N–H and O–H groups in total. The van der Waals surface area contributed by atoms with E-state index in [1.165, 1.54) is 0 Å². The molecule has 0 aromatic carbocycles. The molecule has 0 rings (SSSR count). The minimum atomic E-state index is -0.419. The lowest BCUT2D eigenvalue weighted by Crippen LogP contribution is -2.31. The van der Waals surface area contributed by atoms with E-state index in [-0.39, 0.29) is 5.91 Å². The summed E-state index contributed by atoms with van der Waals surface area (Å²) in [7, 11) is 0. The molecule has 0 saturated carbocycles. The first kappa shape index (κ1) is 12.7. The molecule has 0 spiro atoms. The summed E-state index contributed by atoms with van der Waals surface area (Å²) in [6.07, 6.45) is 2.44. The van der Waals surface area contributed by atoms with Crippen LogP contribution in [0.15, 0.2) is 0 Å². The maximum Gasteiger partial charge on any atom is 0.220 e. The average molecular weight is 208 g/mol. The molecule has 0 aliphatic heterocycles. The Bertz CT molecular complexity index is 142. The van der Waals surface area contributed by atoms with Gasteiger partial charge >= 0.3 is 0 Å². The summed E-state index contributed by atoms with van der Waals surface area (Å²) >= 11 is 5.46. The number of unbranched alkanes of at least 4 members (excludes halogenated alkanes) is 1. The van der Waals surface area contributed by atoms with E-state index in [0.29, 0.717) is 25.3 Å². The topological polar surface area (TPSA) is 49.3 Å². The second-order valence-electron chi connectivity index (χ2n) is 3.01. The Hall–Kier alpha value is -0.280. The van der Waals surface area contributed by atoms with Crippen molar-refractivity contribution in [3.63, 3.8) is 0 Å². The lowest BCUT2D eigenvalue weighted by atomic mass is 10.2. The lowest BCUT2D eigenvalue weighted by molar-refractivity contribution is -0.121. The van der Waals surface area contributed by atoms with Gasteiger partial charge in [-0.05, 0) is 19.3 Å². The molecule has 13 heavy (non-hydrogen) atoms. The first-order valence-electron chi connectivity index (χ1n) is 4.71. The van der Waals surface area contributed by atoms with Gasteiger partial charge in [-0.15, -0.1) is 11.6 Å². The highest BCUT2D eigenvalue weighted by Crippen LogP contribution is 1.97. The number of amides is 1. The van der Waals surface area contributed by atoms with Crippen molar-refractivity contribution in [2.75, 3.05) is 12.4 Å². The number of halogens is 1. The minimum Gasteiger partial charge on any atom is -0.391 e. The van der Waals surface area contributed by atoms with Crippen LogP contribution in [0.25, 0.3) is 0 Å². The van der Waals surface area contributed by atoms with Crippen molar-refractivity contribution in [2.45, 2.75) is 38.7 Å². The Morgan fingerprint density at radius 3 is 2.77 bits per heavy atom. The molecule has 1 amide bonds. The highest BCUT2D eigenvalue weighted by molar-refractivity contribution is 6.17. The van der Waals surface area contributed by atoms with Gasteiger partial charge < -0.3 is 10.4 Å². The fourth-order valence-corrected chi connectivity index (χ4v) is 1.03. The molecule has 0 aromatic heterocycles. The largest absolute Gasteiger partial charge is 0.391 e. The maximum atomic E-state index is 11.1. The van der Waals surface area contributed by atoms with E-state index in [9.17, 15) is 4.79 Å². The normalized spacial score (nSPS) is 12.5. The summed E-state index contributed by atoms with van der Waals surface area (Å²) in [4.78, 5) is 11.1. The molecule has 0 bridgehead atoms. The van der Waals surface area contributed by atoms with Gasteiger partial charge in [0, 0.05) is 18.8 Å². The zero-order valence-electron chi connectivity index (χ0n) is 8.05. The van der Waals surface area contributed by atoms with Crippen molar-refractivity contribution >= 4 is 17.5 Å². The van der Waals surface area contributed by atoms with Crippen LogP contribution in [0.1, 0.15) is 32.6 Å². The van der Waals surface area contributed by atoms with Crippen LogP contribution in [0.4, 0.5) is 0 Å². The van der Waals surface area contributed by atoms with Crippen LogP contribution in [0.5, 0.6) is 0 Å². The Morgan fingerprint density at radius 1 is 1.54 bits per heavy atom. The average Bonchev–Trinajstić information content (AvgIpc) is 2.14. The van der Waals surface area contributed by atoms with E-state index in [0.717, 1.165) is 12.8 Å². The highest BCUT2D eigenvalue weighted by Gasteiger charge is 2.03. The van der Waals surface area contributed by atoms with Crippen molar-refractivity contribution in [1.29, 1.82) is 0 Å². The van der Waals surface area contributed by atoms with Crippen LogP contribution >= 0.6 is 11.6 Å². The first-order chi connectivity index (χ1) is 6.20. The molecule has 0 aliphatic carbocycles. The number of carbonyl (C=O) groups excluding carboxylic acids is 1. The molecule has 1 atom stereocenters. The third-order valence-corrected chi connectivity index (χ3v) is 2.06. The van der Waals surface area contributed by atoms with Crippen molar-refractivity contribution in [2.24, 2.45) is 0 Å². The smallest absolute Gasteiger partial charge is 0.220 e. The fraction of sp³-hybridized carbons (Fsp3) is 0.889. The zero-order chi connectivity index (χ0) is 10.1. The van der Waals surface area contributed by atoms with E-state index in [2.05, 4.69) is 5.32 Å². The van der Waals surface area contributed by atoms with Gasteiger partial charge in [0.05, 0.1) is 6.10 Å². The van der Waals surface area contributed by atoms with E-state index in [4.69, 9.17) is 16.7 Å². The lowest BCUT2D eigenvalue weighted by Gasteiger charge is -2.08. The molecule has 0 heterocycles. The molecule has 78 valence electrons. The Labute approximate surface area is 84.5 Å². The van der Waals surface area contributed by atoms with Crippen LogP contribution in [-0.2, 0) is 4.79 Å². The van der Waals surface area contributed by atoms with Gasteiger partial charge in [0.15, 0.2) is 0 Å². The molecule has 0 aliphatic rings. The van der Waals surface area contributed by atoms with E-state index < -0.39 is 6.10 Å². The predicted molar refractivity (Wildman–Crippen MR) is 53.9 cm³/mol. The summed E-state index contributed by atoms with van der Waals surface area (Å²) < 4.78 is 0. The molecule has 0 saturated heterocycles. The quantitative estimate of drug-likeness (QED) is 0.488. The maximum absolute atomic E-state index is 11.1. The van der Waals surface area contributed by atoms with Crippen molar-refractivity contribution < 1.29 is 9.90 Å². The second-order valence-corrected chi connectivity index (χ2v) is 3.39. The molecule has 0 radical (unpaired) electrons. The zero-order valence-corrected chi connectivity index (χ0v) is 8.81. The molecule has 1 unspecified atom stereocenters. The SMILES string of the molecule is CCC(O)CNC(=O)CCCCCl. The molecular formula is C9H18ClNO2. The number of aliphatic hydroxyl groups excluding tert-OH is 1. The number of rotatable bonds is 7. The number of nitrogens with one attached hydrogen (secondary N) is 1. The van der Waals surface area contributed by atoms with Gasteiger partial charge in [0.2, 0.25) is 5.91 Å². The number of hydrogen-bond acceptors (Lipinski definition) is 2. The first-order valence-corrected chi connectivity index (χ1v) is 5.24. The Kier molecular flexibility index (Phi) is 8.14. The number of aliphatic hydroxyl groups is 1. The molecule has 0 aromatic rings. The summed E-state index contributed by atoms with van der Waals surface area (Å²) in [5, 5.41) is 11.8. The Morgan fingerprint density at radius 2 is 2.23 bits per heavy atom. The standard InChI is InChI=1S/C9H18ClNO2/c1-2-8(12)7-11-9(13)5-3-4-6-10/h8,12H,2-7H2,1H3,(H,11,13). The fourth-order valence-electron chi connectivity index (χ4n) is 0.844. The van der Waals surface area contributed by atoms with Gasteiger partial charge in [0.25, 0.3) is 0 Å². The van der Waals surface area contributed by atoms with Gasteiger partial charge in [0.1, 0.15) is 0 Å². The van der Waals surface area contributed by atoms with Crippen molar-refractivity contribution in [1.82, 2.24) is 5.32 Å². The second kappa shape index (κ2) is 8.32. The molecule has 3 nitrogen and oxygen atoms in total. The molecule has 4 heteroatoms. The van der Waals surface area contributed by atoms with Crippen LogP contribution in [0.2, 0.25) is 0 Å². The van der Waals surface area contributed by atoms with Gasteiger partial charge in [-0.3, -0.25) is 4.79 Å². The van der Waals surface area contributed by atoms with Crippen LogP contribution in [-0.4, -0.2) is 29.5 Å². The van der Waals surface area contributed by atoms with E-state index >= 15 is 0 Å². The summed E-state index contributed by atoms with van der Waals surface area (Å²) in [6, 6.07) is 0. The predicted octanol–water partition coefficient (Wildman–Crippen LogP) is 1.28. The summed E-state index contributed by atoms with van der Waals surface area (Å²) in [5.41, 5.74) is 0. The Balaban J connectivity index is 3.30. The van der Waals surface area contributed by atoms with Gasteiger partial charge in [-0.25, -0.2) is 0 Å². The van der Waals surface area contributed by atoms with Gasteiger partial charge in [-0.1, -0.05) is 6.92 Å². The van der Waals surface area contributed by atoms with Gasteiger partial charge in [-0.2, -0.15) is 0 Å². The van der Waals surface area contributed by atoms with E-state index in [1.54, 1.807) is 0 Å². The minimum absolute atomic E-state index is 0.00221. The summed E-state index contributed by atoms with van der Waals surface area (Å²) in [6.45, 7) is 2.24. The highest BCUT2D eigenvalue weighted by atomic mass is 35.5. The van der Waals surface area contributed by atoms with Crippen LogP contribution < -0.4 is 5.32 Å². The number of alkyl halides is 1. The van der Waals surface area contributed by atoms with Crippen molar-refractivity contribution in [3.05, 3.63) is 0 Å². The van der Waals surface area contributed by atoms with Crippen LogP contribution in [0.3, 0.4) is 0 Å².